The van der Waals surface area contributed by atoms with Crippen LogP contribution in [0.1, 0.15) is 12.0 Å². The van der Waals surface area contributed by atoms with Crippen molar-refractivity contribution in [3.8, 4) is 5.75 Å². The second-order valence-corrected chi connectivity index (χ2v) is 8.30. The Hall–Kier alpha value is -2.16. The van der Waals surface area contributed by atoms with Gasteiger partial charge in [-0.15, -0.1) is 0 Å². The average Bonchev–Trinajstić information content (AvgIpc) is 2.97. The number of methoxy groups -OCH3 is 1. The molecule has 1 fully saturated rings. The summed E-state index contributed by atoms with van der Waals surface area (Å²) in [5, 5.41) is 0.154. The van der Waals surface area contributed by atoms with Gasteiger partial charge in [0.15, 0.2) is 0 Å². The Morgan fingerprint density at radius 2 is 2.00 bits per heavy atom. The van der Waals surface area contributed by atoms with Gasteiger partial charge in [0.2, 0.25) is 15.9 Å². The van der Waals surface area contributed by atoms with Gasteiger partial charge in [-0.05, 0) is 55.3 Å². The highest BCUT2D eigenvalue weighted by atomic mass is 35.5. The molecule has 9 heteroatoms. The second-order valence-electron chi connectivity index (χ2n) is 6.18. The van der Waals surface area contributed by atoms with E-state index in [-0.39, 0.29) is 21.6 Å². The quantitative estimate of drug-likeness (QED) is 0.819. The molecule has 0 aromatic heterocycles. The van der Waals surface area contributed by atoms with Gasteiger partial charge in [0, 0.05) is 12.2 Å². The highest BCUT2D eigenvalue weighted by molar-refractivity contribution is 7.89. The first-order valence-electron chi connectivity index (χ1n) is 8.16. The number of sulfonamides is 1. The smallest absolute Gasteiger partial charge is 0.245 e. The van der Waals surface area contributed by atoms with Crippen molar-refractivity contribution in [2.45, 2.75) is 24.3 Å². The Balaban J connectivity index is 1.78. The Morgan fingerprint density at radius 1 is 1.26 bits per heavy atom. The lowest BCUT2D eigenvalue weighted by Crippen LogP contribution is -2.41. The Morgan fingerprint density at radius 3 is 2.63 bits per heavy atom. The summed E-state index contributed by atoms with van der Waals surface area (Å²) in [5.41, 5.74) is 0.949. The maximum absolute atomic E-state index is 13.4. The summed E-state index contributed by atoms with van der Waals surface area (Å²) < 4.78 is 46.1. The van der Waals surface area contributed by atoms with E-state index in [2.05, 4.69) is 4.72 Å². The summed E-state index contributed by atoms with van der Waals surface area (Å²) >= 11 is 5.99. The zero-order chi connectivity index (χ0) is 19.8. The number of anilines is 1. The number of hydrogen-bond acceptors (Lipinski definition) is 4. The van der Waals surface area contributed by atoms with Crippen LogP contribution in [0.5, 0.6) is 5.75 Å². The fraction of sp³-hybridized carbons (Fsp3) is 0.278. The molecule has 144 valence electrons. The lowest BCUT2D eigenvalue weighted by Gasteiger charge is -2.18. The van der Waals surface area contributed by atoms with E-state index in [1.54, 1.807) is 13.0 Å². The Labute approximate surface area is 161 Å². The number of benzene rings is 2. The number of hydrogen-bond donors (Lipinski definition) is 1. The van der Waals surface area contributed by atoms with Gasteiger partial charge < -0.3 is 9.64 Å². The number of nitrogens with one attached hydrogen (secondary N) is 1. The normalized spacial score (nSPS) is 17.4. The minimum Gasteiger partial charge on any atom is -0.495 e. The van der Waals surface area contributed by atoms with E-state index in [0.717, 1.165) is 0 Å². The number of rotatable bonds is 5. The summed E-state index contributed by atoms with van der Waals surface area (Å²) in [6.07, 6.45) is 0.304. The van der Waals surface area contributed by atoms with Crippen LogP contribution in [-0.4, -0.2) is 34.0 Å². The third-order valence-corrected chi connectivity index (χ3v) is 6.15. The number of nitrogens with zero attached hydrogens (tertiary/aromatic N) is 1. The third-order valence-electron chi connectivity index (χ3n) is 4.39. The molecule has 6 nitrogen and oxygen atoms in total. The Bertz CT molecular complexity index is 997. The molecule has 27 heavy (non-hydrogen) atoms. The highest BCUT2D eigenvalue weighted by Crippen LogP contribution is 2.28. The van der Waals surface area contributed by atoms with Gasteiger partial charge in [-0.25, -0.2) is 12.8 Å². The molecular formula is C18H18ClFN2O4S. The summed E-state index contributed by atoms with van der Waals surface area (Å²) in [6.45, 7) is 1.94. The minimum atomic E-state index is -3.94. The fourth-order valence-electron chi connectivity index (χ4n) is 2.91. The highest BCUT2D eigenvalue weighted by Gasteiger charge is 2.36. The van der Waals surface area contributed by atoms with Gasteiger partial charge in [-0.3, -0.25) is 4.79 Å². The molecule has 1 heterocycles. The van der Waals surface area contributed by atoms with Crippen molar-refractivity contribution >= 4 is 33.2 Å². The van der Waals surface area contributed by atoms with Crippen LogP contribution < -0.4 is 14.4 Å². The molecule has 0 bridgehead atoms. The van der Waals surface area contributed by atoms with E-state index in [1.807, 2.05) is 0 Å². The maximum Gasteiger partial charge on any atom is 0.245 e. The molecule has 0 saturated carbocycles. The molecule has 0 radical (unpaired) electrons. The van der Waals surface area contributed by atoms with Crippen molar-refractivity contribution in [1.82, 2.24) is 4.72 Å². The van der Waals surface area contributed by atoms with Crippen LogP contribution in [0.2, 0.25) is 5.02 Å². The molecule has 3 rings (SSSR count). The lowest BCUT2D eigenvalue weighted by atomic mass is 10.2. The van der Waals surface area contributed by atoms with Crippen LogP contribution in [0.3, 0.4) is 0 Å². The van der Waals surface area contributed by atoms with Crippen molar-refractivity contribution in [3.05, 3.63) is 52.8 Å². The standard InChI is InChI=1S/C18H18ClFN2O4S/c1-11-9-12(3-5-15(11)20)22-8-7-16(18(22)23)21-27(24,25)13-4-6-17(26-2)14(19)10-13/h3-6,9-10,16,21H,7-8H2,1-2H3/t16-/m0/s1. The minimum absolute atomic E-state index is 0.0582. The van der Waals surface area contributed by atoms with Gasteiger partial charge >= 0.3 is 0 Å². The largest absolute Gasteiger partial charge is 0.495 e. The molecule has 1 amide bonds. The molecule has 0 aliphatic carbocycles. The monoisotopic (exact) mass is 412 g/mol. The molecule has 0 spiro atoms. The van der Waals surface area contributed by atoms with Gasteiger partial charge in [-0.2, -0.15) is 4.72 Å². The summed E-state index contributed by atoms with van der Waals surface area (Å²) in [5.74, 6) is -0.395. The number of halogens is 2. The molecule has 1 N–H and O–H groups in total. The summed E-state index contributed by atoms with van der Waals surface area (Å²) in [4.78, 5) is 14.0. The van der Waals surface area contributed by atoms with Gasteiger partial charge in [-0.1, -0.05) is 11.6 Å². The number of carbonyl (C=O) groups excluding carboxylic acids is 1. The summed E-state index contributed by atoms with van der Waals surface area (Å²) in [6, 6.07) is 7.52. The number of amides is 1. The first-order chi connectivity index (χ1) is 12.7. The Kier molecular flexibility index (Phi) is 5.41. The SMILES string of the molecule is COc1ccc(S(=O)(=O)N[C@H]2CCN(c3ccc(F)c(C)c3)C2=O)cc1Cl. The first-order valence-corrected chi connectivity index (χ1v) is 10.0. The van der Waals surface area contributed by atoms with E-state index in [9.17, 15) is 17.6 Å². The fourth-order valence-corrected chi connectivity index (χ4v) is 4.48. The van der Waals surface area contributed by atoms with Gasteiger partial charge in [0.1, 0.15) is 17.6 Å². The van der Waals surface area contributed by atoms with Crippen molar-refractivity contribution in [2.24, 2.45) is 0 Å². The van der Waals surface area contributed by atoms with Crippen molar-refractivity contribution in [2.75, 3.05) is 18.6 Å². The van der Waals surface area contributed by atoms with Crippen LogP contribution in [0.25, 0.3) is 0 Å². The van der Waals surface area contributed by atoms with Crippen molar-refractivity contribution in [3.63, 3.8) is 0 Å². The third kappa shape index (κ3) is 3.92. The van der Waals surface area contributed by atoms with E-state index < -0.39 is 16.1 Å². The number of ether oxygens (including phenoxy) is 1. The second kappa shape index (κ2) is 7.46. The predicted octanol–water partition coefficient (Wildman–Crippen LogP) is 2.88. The number of aryl methyl sites for hydroxylation is 1. The lowest BCUT2D eigenvalue weighted by molar-refractivity contribution is -0.118. The molecule has 2 aromatic rings. The maximum atomic E-state index is 13.4. The number of carbonyl (C=O) groups is 1. The summed E-state index contributed by atoms with van der Waals surface area (Å²) in [7, 11) is -2.51. The molecule has 1 saturated heterocycles. The topological polar surface area (TPSA) is 75.7 Å². The van der Waals surface area contributed by atoms with Crippen LogP contribution in [0.4, 0.5) is 10.1 Å². The van der Waals surface area contributed by atoms with Crippen LogP contribution in [0, 0.1) is 12.7 Å². The zero-order valence-corrected chi connectivity index (χ0v) is 16.3. The zero-order valence-electron chi connectivity index (χ0n) is 14.7. The molecule has 2 aromatic carbocycles. The van der Waals surface area contributed by atoms with E-state index in [1.165, 1.54) is 42.3 Å². The van der Waals surface area contributed by atoms with Crippen LogP contribution >= 0.6 is 11.6 Å². The molecule has 1 atom stereocenters. The van der Waals surface area contributed by atoms with Crippen LogP contribution in [0.15, 0.2) is 41.3 Å². The van der Waals surface area contributed by atoms with E-state index >= 15 is 0 Å². The molecule has 1 aliphatic heterocycles. The van der Waals surface area contributed by atoms with Crippen LogP contribution in [-0.2, 0) is 14.8 Å². The molecule has 0 unspecified atom stereocenters. The first kappa shape index (κ1) is 19.6. The van der Waals surface area contributed by atoms with E-state index in [4.69, 9.17) is 16.3 Å². The average molecular weight is 413 g/mol. The molecule has 1 aliphatic rings. The van der Waals surface area contributed by atoms with Gasteiger partial charge in [0.25, 0.3) is 0 Å². The van der Waals surface area contributed by atoms with Crippen molar-refractivity contribution < 1.29 is 22.3 Å². The van der Waals surface area contributed by atoms with Crippen molar-refractivity contribution in [1.29, 1.82) is 0 Å². The van der Waals surface area contributed by atoms with Gasteiger partial charge in [0.05, 0.1) is 17.0 Å². The predicted molar refractivity (Wildman–Crippen MR) is 100 cm³/mol. The molecular weight excluding hydrogens is 395 g/mol. The van der Waals surface area contributed by atoms with E-state index in [0.29, 0.717) is 30.0 Å².